The summed E-state index contributed by atoms with van der Waals surface area (Å²) in [6.45, 7) is 0. The molecule has 0 aliphatic carbocycles. The lowest BCUT2D eigenvalue weighted by molar-refractivity contribution is -0.439. The van der Waals surface area contributed by atoms with Crippen molar-refractivity contribution in [3.63, 3.8) is 0 Å². The number of hydrogen-bond donors (Lipinski definition) is 0. The van der Waals surface area contributed by atoms with Crippen LogP contribution in [0.25, 0.3) is 0 Å². The molecule has 0 saturated heterocycles. The molecule has 0 aromatic heterocycles. The van der Waals surface area contributed by atoms with Crippen molar-refractivity contribution in [2.45, 2.75) is 84.4 Å². The SMILES string of the molecule is O=S(=O)(CCC(F)(F)C(F)(F)C(F)(F)C(F)(F)C(F)(F)C(F)(F)F)SCCC(F)(F)C(F)(F)C(F)(F)C(F)(F)C(F)(F)C(F)(F)F. The normalized spacial score (nSPS) is 16.7. The molecule has 278 valence electrons. The molecule has 0 atom stereocenters. The van der Waals surface area contributed by atoms with Gasteiger partial charge in [0.05, 0.1) is 5.75 Å². The molecule has 2 nitrogen and oxygen atoms in total. The number of halogens is 26. The minimum atomic E-state index is -8.40. The van der Waals surface area contributed by atoms with Crippen LogP contribution in [0.5, 0.6) is 0 Å². The third kappa shape index (κ3) is 6.83. The summed E-state index contributed by atoms with van der Waals surface area (Å²) in [5.41, 5.74) is 0. The van der Waals surface area contributed by atoms with Gasteiger partial charge in [-0.3, -0.25) is 0 Å². The molecule has 0 aliphatic rings. The Kier molecular flexibility index (Phi) is 11.4. The molecule has 0 saturated carbocycles. The Hall–Kier alpha value is -1.52. The fourth-order valence-electron chi connectivity index (χ4n) is 2.53. The van der Waals surface area contributed by atoms with Crippen LogP contribution in [0, 0.1) is 0 Å². The van der Waals surface area contributed by atoms with Crippen LogP contribution < -0.4 is 0 Å². The van der Waals surface area contributed by atoms with E-state index in [0.717, 1.165) is 0 Å². The average molecular weight is 790 g/mol. The molecular weight excluding hydrogens is 782 g/mol. The van der Waals surface area contributed by atoms with Gasteiger partial charge >= 0.3 is 71.6 Å². The van der Waals surface area contributed by atoms with Crippen LogP contribution in [0.1, 0.15) is 12.8 Å². The molecule has 0 bridgehead atoms. The Morgan fingerprint density at radius 2 is 0.587 bits per heavy atom. The zero-order chi connectivity index (χ0) is 38.0. The molecule has 0 unspecified atom stereocenters. The highest BCUT2D eigenvalue weighted by Crippen LogP contribution is 2.62. The van der Waals surface area contributed by atoms with Crippen LogP contribution in [0.4, 0.5) is 114 Å². The number of alkyl halides is 26. The van der Waals surface area contributed by atoms with Gasteiger partial charge < -0.3 is 0 Å². The van der Waals surface area contributed by atoms with Gasteiger partial charge in [-0.05, 0) is 10.8 Å². The van der Waals surface area contributed by atoms with Crippen molar-refractivity contribution in [2.24, 2.45) is 0 Å². The van der Waals surface area contributed by atoms with Crippen LogP contribution in [-0.4, -0.2) is 91.5 Å². The van der Waals surface area contributed by atoms with E-state index in [1.54, 1.807) is 0 Å². The van der Waals surface area contributed by atoms with Crippen molar-refractivity contribution in [2.75, 3.05) is 11.5 Å². The van der Waals surface area contributed by atoms with Gasteiger partial charge in [-0.2, -0.15) is 114 Å². The van der Waals surface area contributed by atoms with Gasteiger partial charge in [0, 0.05) is 18.6 Å². The molecule has 0 spiro atoms. The smallest absolute Gasteiger partial charge is 0.217 e. The van der Waals surface area contributed by atoms with Gasteiger partial charge in [-0.1, -0.05) is 0 Å². The molecule has 0 N–H and O–H groups in total. The van der Waals surface area contributed by atoms with Crippen molar-refractivity contribution < 1.29 is 123 Å². The van der Waals surface area contributed by atoms with Gasteiger partial charge in [-0.15, -0.1) is 0 Å². The predicted molar refractivity (Wildman–Crippen MR) is 97.1 cm³/mol. The lowest BCUT2D eigenvalue weighted by Gasteiger charge is -2.39. The van der Waals surface area contributed by atoms with Crippen molar-refractivity contribution in [3.05, 3.63) is 0 Å². The van der Waals surface area contributed by atoms with E-state index in [1.165, 1.54) is 0 Å². The van der Waals surface area contributed by atoms with Crippen LogP contribution in [0.3, 0.4) is 0 Å². The molecular formula is C16H8F26O2S2. The highest BCUT2D eigenvalue weighted by Gasteiger charge is 2.92. The minimum absolute atomic E-state index is 1.56. The zero-order valence-corrected chi connectivity index (χ0v) is 21.9. The lowest BCUT2D eigenvalue weighted by atomic mass is 9.93. The third-order valence-electron chi connectivity index (χ3n) is 5.34. The quantitative estimate of drug-likeness (QED) is 0.123. The molecule has 0 aromatic rings. The van der Waals surface area contributed by atoms with Crippen LogP contribution >= 0.6 is 10.8 Å². The van der Waals surface area contributed by atoms with Crippen LogP contribution in [-0.2, 0) is 8.87 Å². The standard InChI is InChI=1S/C16H8F26O2S2/c17-5(18,7(21,22)9(25,26)11(29,30)13(33,34)15(37,38)39)1-3-45-46(43,44)4-2-6(19,20)8(23,24)10(27,28)12(31,32)14(35,36)16(40,41)42/h1-4H2. The van der Waals surface area contributed by atoms with E-state index < -0.39 is 116 Å². The van der Waals surface area contributed by atoms with E-state index in [2.05, 4.69) is 0 Å². The molecule has 0 aromatic carbocycles. The first-order valence-corrected chi connectivity index (χ1v) is 13.4. The van der Waals surface area contributed by atoms with Crippen LogP contribution in [0.2, 0.25) is 0 Å². The predicted octanol–water partition coefficient (Wildman–Crippen LogP) is 9.31. The van der Waals surface area contributed by atoms with Gasteiger partial charge in [0.15, 0.2) is 0 Å². The van der Waals surface area contributed by atoms with Gasteiger partial charge in [0.1, 0.15) is 0 Å². The monoisotopic (exact) mass is 790 g/mol. The molecule has 0 amide bonds. The molecule has 0 fully saturated rings. The zero-order valence-electron chi connectivity index (χ0n) is 20.3. The van der Waals surface area contributed by atoms with E-state index in [1.807, 2.05) is 0 Å². The Morgan fingerprint density at radius 3 is 0.848 bits per heavy atom. The highest BCUT2D eigenvalue weighted by molar-refractivity contribution is 8.72. The van der Waals surface area contributed by atoms with Crippen molar-refractivity contribution in [3.8, 4) is 0 Å². The molecule has 0 radical (unpaired) electrons. The van der Waals surface area contributed by atoms with E-state index in [-0.39, 0.29) is 0 Å². The maximum absolute atomic E-state index is 13.7. The molecule has 46 heavy (non-hydrogen) atoms. The lowest BCUT2D eigenvalue weighted by Crippen LogP contribution is -2.70. The molecule has 30 heteroatoms. The van der Waals surface area contributed by atoms with Gasteiger partial charge in [-0.25, -0.2) is 8.42 Å². The summed E-state index contributed by atoms with van der Waals surface area (Å²) in [5, 5.41) is 0. The summed E-state index contributed by atoms with van der Waals surface area (Å²) < 4.78 is 361. The van der Waals surface area contributed by atoms with Gasteiger partial charge in [0.2, 0.25) is 8.87 Å². The second-order valence-electron chi connectivity index (χ2n) is 8.58. The van der Waals surface area contributed by atoms with Crippen molar-refractivity contribution >= 4 is 19.7 Å². The van der Waals surface area contributed by atoms with Crippen molar-refractivity contribution in [1.82, 2.24) is 0 Å². The Bertz CT molecular complexity index is 1180. The summed E-state index contributed by atoms with van der Waals surface area (Å²) in [4.78, 5) is 0. The minimum Gasteiger partial charge on any atom is -0.217 e. The largest absolute Gasteiger partial charge is 0.460 e. The molecule has 0 rings (SSSR count). The number of hydrogen-bond acceptors (Lipinski definition) is 3. The maximum Gasteiger partial charge on any atom is 0.460 e. The topological polar surface area (TPSA) is 34.1 Å². The van der Waals surface area contributed by atoms with E-state index in [9.17, 15) is 123 Å². The number of rotatable bonds is 15. The fraction of sp³-hybridized carbons (Fsp3) is 1.00. The summed E-state index contributed by atoms with van der Waals surface area (Å²) in [5.74, 6) is -85.2. The molecule has 0 heterocycles. The van der Waals surface area contributed by atoms with Gasteiger partial charge in [0.25, 0.3) is 0 Å². The first-order valence-electron chi connectivity index (χ1n) is 10.2. The summed E-state index contributed by atoms with van der Waals surface area (Å²) in [6, 6.07) is 0. The van der Waals surface area contributed by atoms with E-state index in [0.29, 0.717) is 0 Å². The first kappa shape index (κ1) is 44.5. The first-order chi connectivity index (χ1) is 19.4. The fourth-order valence-corrected chi connectivity index (χ4v) is 5.36. The second-order valence-corrected chi connectivity index (χ2v) is 13.0. The summed E-state index contributed by atoms with van der Waals surface area (Å²) >= 11 is 0. The molecule has 0 aliphatic heterocycles. The van der Waals surface area contributed by atoms with E-state index >= 15 is 0 Å². The Morgan fingerprint density at radius 1 is 0.348 bits per heavy atom. The average Bonchev–Trinajstić information content (AvgIpc) is 2.80. The summed E-state index contributed by atoms with van der Waals surface area (Å²) in [7, 11) is -7.58. The second kappa shape index (κ2) is 11.8. The summed E-state index contributed by atoms with van der Waals surface area (Å²) in [6.07, 6.45) is -22.4. The van der Waals surface area contributed by atoms with Crippen molar-refractivity contribution in [1.29, 1.82) is 0 Å². The Labute approximate surface area is 239 Å². The van der Waals surface area contributed by atoms with E-state index in [4.69, 9.17) is 0 Å². The maximum atomic E-state index is 13.7. The Balaban J connectivity index is 6.01. The third-order valence-corrected chi connectivity index (χ3v) is 8.85. The highest BCUT2D eigenvalue weighted by atomic mass is 33.1. The van der Waals surface area contributed by atoms with Crippen LogP contribution in [0.15, 0.2) is 0 Å².